The Morgan fingerprint density at radius 2 is 1.97 bits per heavy atom. The van der Waals surface area contributed by atoms with E-state index >= 15 is 0 Å². The van der Waals surface area contributed by atoms with Gasteiger partial charge < -0.3 is 10.1 Å². The molecule has 3 rings (SSSR count). The van der Waals surface area contributed by atoms with E-state index in [9.17, 15) is 13.9 Å². The van der Waals surface area contributed by atoms with Crippen molar-refractivity contribution in [2.24, 2.45) is 0 Å². The molecule has 7 heteroatoms. The molecule has 1 amide bonds. The fourth-order valence-electron chi connectivity index (χ4n) is 3.68. The third-order valence-corrected chi connectivity index (χ3v) is 6.89. The van der Waals surface area contributed by atoms with Gasteiger partial charge in [-0.15, -0.1) is 10.6 Å². The standard InChI is InChI=1S/C23H28N2O4S/c1-23(2,3)29-22(26)25-15-18-8-5-7-17-13-20(10-11-21(17)18)30(27,28)19-9-4-6-16(12-19)14-24/h4,6,9-13,18,27-28H,5,7-8,15H2,1-3H3,(H,25,26)/t18-/m0/s1. The van der Waals surface area contributed by atoms with Gasteiger partial charge in [-0.3, -0.25) is 9.11 Å². The van der Waals surface area contributed by atoms with E-state index in [4.69, 9.17) is 10.00 Å². The highest BCUT2D eigenvalue weighted by atomic mass is 32.3. The molecule has 1 aliphatic carbocycles. The predicted molar refractivity (Wildman–Crippen MR) is 117 cm³/mol. The summed E-state index contributed by atoms with van der Waals surface area (Å²) >= 11 is 0. The first-order valence-electron chi connectivity index (χ1n) is 9.98. The smallest absolute Gasteiger partial charge is 0.407 e. The van der Waals surface area contributed by atoms with Gasteiger partial charge in [0.1, 0.15) is 5.60 Å². The summed E-state index contributed by atoms with van der Waals surface area (Å²) in [6, 6.07) is 14.0. The van der Waals surface area contributed by atoms with Crippen LogP contribution >= 0.6 is 10.6 Å². The summed E-state index contributed by atoms with van der Waals surface area (Å²) in [5.41, 5.74) is 2.02. The van der Waals surface area contributed by atoms with Crippen LogP contribution in [0.2, 0.25) is 0 Å². The highest BCUT2D eigenvalue weighted by Gasteiger charge is 2.26. The maximum Gasteiger partial charge on any atom is 0.407 e. The van der Waals surface area contributed by atoms with Crippen LogP contribution in [-0.4, -0.2) is 27.3 Å². The Morgan fingerprint density at radius 1 is 1.23 bits per heavy atom. The number of carbonyl (C=O) groups is 1. The van der Waals surface area contributed by atoms with Crippen LogP contribution < -0.4 is 5.32 Å². The fourth-order valence-corrected chi connectivity index (χ4v) is 5.08. The van der Waals surface area contributed by atoms with E-state index in [1.54, 1.807) is 24.3 Å². The van der Waals surface area contributed by atoms with Gasteiger partial charge in [0.2, 0.25) is 0 Å². The highest BCUT2D eigenvalue weighted by molar-refractivity contribution is 8.24. The number of hydrogen-bond acceptors (Lipinski definition) is 5. The molecule has 2 aromatic carbocycles. The van der Waals surface area contributed by atoms with E-state index in [1.807, 2.05) is 39.0 Å². The lowest BCUT2D eigenvalue weighted by molar-refractivity contribution is 0.0523. The summed E-state index contributed by atoms with van der Waals surface area (Å²) in [5, 5.41) is 11.9. The molecule has 6 nitrogen and oxygen atoms in total. The van der Waals surface area contributed by atoms with Crippen LogP contribution in [0.15, 0.2) is 52.3 Å². The first-order chi connectivity index (χ1) is 14.1. The second-order valence-electron chi connectivity index (χ2n) is 8.52. The van der Waals surface area contributed by atoms with Crippen LogP contribution in [0, 0.1) is 11.3 Å². The van der Waals surface area contributed by atoms with Crippen molar-refractivity contribution in [3.05, 3.63) is 59.2 Å². The topological polar surface area (TPSA) is 103 Å². The van der Waals surface area contributed by atoms with E-state index in [-0.39, 0.29) is 5.92 Å². The van der Waals surface area contributed by atoms with Crippen LogP contribution in [0.1, 0.15) is 56.2 Å². The van der Waals surface area contributed by atoms with Crippen molar-refractivity contribution < 1.29 is 18.6 Å². The van der Waals surface area contributed by atoms with Gasteiger partial charge >= 0.3 is 6.09 Å². The van der Waals surface area contributed by atoms with Crippen molar-refractivity contribution in [3.63, 3.8) is 0 Å². The predicted octanol–water partition coefficient (Wildman–Crippen LogP) is 5.67. The van der Waals surface area contributed by atoms with Crippen LogP contribution in [-0.2, 0) is 11.2 Å². The lowest BCUT2D eigenvalue weighted by atomic mass is 9.83. The largest absolute Gasteiger partial charge is 0.444 e. The van der Waals surface area contributed by atoms with Crippen LogP contribution in [0.25, 0.3) is 0 Å². The van der Waals surface area contributed by atoms with Gasteiger partial charge in [0.05, 0.1) is 21.4 Å². The molecule has 0 heterocycles. The molecule has 0 bridgehead atoms. The molecule has 0 aliphatic heterocycles. The lowest BCUT2D eigenvalue weighted by Gasteiger charge is -2.34. The fraction of sp³-hybridized carbons (Fsp3) is 0.391. The van der Waals surface area contributed by atoms with Gasteiger partial charge in [0.15, 0.2) is 0 Å². The molecule has 0 spiro atoms. The van der Waals surface area contributed by atoms with Crippen LogP contribution in [0.5, 0.6) is 0 Å². The number of carbonyl (C=O) groups excluding carboxylic acids is 1. The number of amides is 1. The number of alkyl carbamates (subject to hydrolysis) is 1. The van der Waals surface area contributed by atoms with Gasteiger partial charge in [-0.05, 0) is 81.5 Å². The third-order valence-electron chi connectivity index (χ3n) is 5.07. The Balaban J connectivity index is 1.79. The van der Waals surface area contributed by atoms with Crippen molar-refractivity contribution in [2.45, 2.75) is 61.3 Å². The molecule has 0 saturated heterocycles. The van der Waals surface area contributed by atoms with Crippen molar-refractivity contribution in [1.29, 1.82) is 5.26 Å². The molecule has 3 N–H and O–H groups in total. The van der Waals surface area contributed by atoms with E-state index in [1.165, 1.54) is 6.07 Å². The van der Waals surface area contributed by atoms with Gasteiger partial charge in [-0.1, -0.05) is 12.1 Å². The number of aryl methyl sites for hydroxylation is 1. The Hall–Kier alpha value is -2.53. The molecule has 0 aromatic heterocycles. The molecule has 1 aliphatic rings. The Morgan fingerprint density at radius 3 is 2.67 bits per heavy atom. The van der Waals surface area contributed by atoms with Gasteiger partial charge in [-0.25, -0.2) is 4.79 Å². The summed E-state index contributed by atoms with van der Waals surface area (Å²) in [4.78, 5) is 12.8. The number of benzene rings is 2. The second kappa shape index (κ2) is 8.68. The summed E-state index contributed by atoms with van der Waals surface area (Å²) < 4.78 is 27.1. The third kappa shape index (κ3) is 5.14. The number of nitrogens with zero attached hydrogens (tertiary/aromatic N) is 1. The summed E-state index contributed by atoms with van der Waals surface area (Å²) in [5.74, 6) is 0.152. The van der Waals surface area contributed by atoms with E-state index in [2.05, 4.69) is 5.32 Å². The molecule has 0 unspecified atom stereocenters. The Bertz CT molecular complexity index is 976. The Labute approximate surface area is 179 Å². The molecule has 160 valence electrons. The maximum absolute atomic E-state index is 12.0. The quantitative estimate of drug-likeness (QED) is 0.582. The average molecular weight is 429 g/mol. The molecule has 0 radical (unpaired) electrons. The van der Waals surface area contributed by atoms with Crippen LogP contribution in [0.3, 0.4) is 0 Å². The summed E-state index contributed by atoms with van der Waals surface area (Å²) in [6.45, 7) is 5.96. The Kier molecular flexibility index (Phi) is 6.41. The maximum atomic E-state index is 12.0. The highest BCUT2D eigenvalue weighted by Crippen LogP contribution is 2.56. The number of ether oxygens (including phenoxy) is 1. The first-order valence-corrected chi connectivity index (χ1v) is 11.5. The lowest BCUT2D eigenvalue weighted by Crippen LogP contribution is -2.35. The minimum absolute atomic E-state index is 0.152. The molecular weight excluding hydrogens is 400 g/mol. The number of hydrogen-bond donors (Lipinski definition) is 3. The monoisotopic (exact) mass is 428 g/mol. The van der Waals surface area contributed by atoms with Crippen molar-refractivity contribution in [2.75, 3.05) is 6.54 Å². The van der Waals surface area contributed by atoms with E-state index < -0.39 is 22.3 Å². The van der Waals surface area contributed by atoms with Gasteiger partial charge in [0.25, 0.3) is 0 Å². The van der Waals surface area contributed by atoms with E-state index in [0.717, 1.165) is 30.4 Å². The first kappa shape index (κ1) is 22.2. The summed E-state index contributed by atoms with van der Waals surface area (Å²) in [6.07, 6.45) is 2.32. The zero-order valence-corrected chi connectivity index (χ0v) is 18.3. The van der Waals surface area contributed by atoms with Gasteiger partial charge in [-0.2, -0.15) is 5.26 Å². The minimum atomic E-state index is -3.21. The molecule has 0 saturated carbocycles. The molecular formula is C23H28N2O4S. The molecule has 30 heavy (non-hydrogen) atoms. The number of fused-ring (bicyclic) bond motifs is 1. The number of rotatable bonds is 4. The van der Waals surface area contributed by atoms with Gasteiger partial charge in [0, 0.05) is 12.5 Å². The zero-order valence-electron chi connectivity index (χ0n) is 17.5. The molecule has 1 atom stereocenters. The van der Waals surface area contributed by atoms with E-state index in [0.29, 0.717) is 21.9 Å². The second-order valence-corrected chi connectivity index (χ2v) is 10.6. The molecule has 2 aromatic rings. The van der Waals surface area contributed by atoms with Crippen molar-refractivity contribution >= 4 is 16.7 Å². The van der Waals surface area contributed by atoms with Crippen molar-refractivity contribution in [1.82, 2.24) is 5.32 Å². The van der Waals surface area contributed by atoms with Crippen molar-refractivity contribution in [3.8, 4) is 6.07 Å². The van der Waals surface area contributed by atoms with Crippen LogP contribution in [0.4, 0.5) is 4.79 Å². The SMILES string of the molecule is CC(C)(C)OC(=O)NC[C@@H]1CCCc2cc(S(O)(O)c3cccc(C#N)c3)ccc21. The summed E-state index contributed by atoms with van der Waals surface area (Å²) in [7, 11) is -3.21. The average Bonchev–Trinajstić information content (AvgIpc) is 2.70. The minimum Gasteiger partial charge on any atom is -0.444 e. The number of nitrogens with one attached hydrogen (secondary N) is 1. The normalized spacial score (nSPS) is 16.9. The zero-order chi connectivity index (χ0) is 21.9. The molecule has 0 fully saturated rings. The number of nitriles is 1.